The number of nitrogens with one attached hydrogen (secondary N) is 1. The molecule has 26 heavy (non-hydrogen) atoms. The number of rotatable bonds is 8. The summed E-state index contributed by atoms with van der Waals surface area (Å²) in [4.78, 5) is 24.2. The van der Waals surface area contributed by atoms with Crippen LogP contribution in [-0.4, -0.2) is 46.4 Å². The second kappa shape index (κ2) is 9.89. The van der Waals surface area contributed by atoms with Crippen LogP contribution in [0.4, 0.5) is 0 Å². The van der Waals surface area contributed by atoms with E-state index in [2.05, 4.69) is 5.32 Å². The molecule has 1 aromatic rings. The summed E-state index contributed by atoms with van der Waals surface area (Å²) in [7, 11) is 4.44. The van der Waals surface area contributed by atoms with Crippen molar-refractivity contribution in [2.45, 2.75) is 32.1 Å². The molecular formula is C19H27NO6. The Morgan fingerprint density at radius 3 is 2.15 bits per heavy atom. The topological polar surface area (TPSA) is 83.1 Å². The van der Waals surface area contributed by atoms with Crippen LogP contribution in [0.1, 0.15) is 42.5 Å². The SMILES string of the molecule is COc1cc(C(=O)NCC(=O)OCC2CCCCC2)cc(OC)c1OC. The average molecular weight is 365 g/mol. The maximum Gasteiger partial charge on any atom is 0.325 e. The highest BCUT2D eigenvalue weighted by Gasteiger charge is 2.19. The quantitative estimate of drug-likeness (QED) is 0.713. The zero-order valence-corrected chi connectivity index (χ0v) is 15.6. The van der Waals surface area contributed by atoms with Gasteiger partial charge in [0.15, 0.2) is 11.5 Å². The Bertz CT molecular complexity index is 599. The van der Waals surface area contributed by atoms with Crippen LogP contribution in [0.5, 0.6) is 17.2 Å². The molecule has 1 aliphatic rings. The lowest BCUT2D eigenvalue weighted by molar-refractivity contribution is -0.144. The van der Waals surface area contributed by atoms with E-state index in [0.717, 1.165) is 12.8 Å². The lowest BCUT2D eigenvalue weighted by Crippen LogP contribution is -2.31. The molecule has 0 aliphatic heterocycles. The van der Waals surface area contributed by atoms with Gasteiger partial charge in [-0.15, -0.1) is 0 Å². The van der Waals surface area contributed by atoms with Crippen LogP contribution in [0.25, 0.3) is 0 Å². The first kappa shape index (κ1) is 19.9. The Balaban J connectivity index is 1.89. The van der Waals surface area contributed by atoms with Crippen molar-refractivity contribution in [2.24, 2.45) is 5.92 Å². The molecule has 7 nitrogen and oxygen atoms in total. The zero-order valence-electron chi connectivity index (χ0n) is 15.6. The first-order valence-electron chi connectivity index (χ1n) is 8.82. The summed E-state index contributed by atoms with van der Waals surface area (Å²) in [6, 6.07) is 3.06. The molecule has 7 heteroatoms. The van der Waals surface area contributed by atoms with Gasteiger partial charge in [-0.25, -0.2) is 0 Å². The Hall–Kier alpha value is -2.44. The fourth-order valence-corrected chi connectivity index (χ4v) is 3.08. The molecule has 0 unspecified atom stereocenters. The zero-order chi connectivity index (χ0) is 18.9. The third-order valence-corrected chi connectivity index (χ3v) is 4.52. The van der Waals surface area contributed by atoms with E-state index >= 15 is 0 Å². The summed E-state index contributed by atoms with van der Waals surface area (Å²) in [5, 5.41) is 2.56. The van der Waals surface area contributed by atoms with E-state index in [1.54, 1.807) is 0 Å². The first-order chi connectivity index (χ1) is 12.6. The van der Waals surface area contributed by atoms with Gasteiger partial charge in [0.25, 0.3) is 5.91 Å². The molecule has 2 rings (SSSR count). The number of amides is 1. The van der Waals surface area contributed by atoms with E-state index in [9.17, 15) is 9.59 Å². The van der Waals surface area contributed by atoms with E-state index < -0.39 is 11.9 Å². The van der Waals surface area contributed by atoms with Crippen LogP contribution < -0.4 is 19.5 Å². The molecule has 0 saturated heterocycles. The van der Waals surface area contributed by atoms with E-state index in [1.807, 2.05) is 0 Å². The standard InChI is InChI=1S/C19H27NO6/c1-23-15-9-14(10-16(24-2)18(15)25-3)19(22)20-11-17(21)26-12-13-7-5-4-6-8-13/h9-10,13H,4-8,11-12H2,1-3H3,(H,20,22). The van der Waals surface area contributed by atoms with Gasteiger partial charge in [-0.05, 0) is 30.9 Å². The van der Waals surface area contributed by atoms with Crippen molar-refractivity contribution in [2.75, 3.05) is 34.5 Å². The fraction of sp³-hybridized carbons (Fsp3) is 0.579. The van der Waals surface area contributed by atoms with Gasteiger partial charge in [-0.3, -0.25) is 9.59 Å². The molecule has 1 fully saturated rings. The Kier molecular flexibility index (Phi) is 7.56. The molecule has 1 aliphatic carbocycles. The van der Waals surface area contributed by atoms with Crippen molar-refractivity contribution in [1.29, 1.82) is 0 Å². The number of ether oxygens (including phenoxy) is 4. The monoisotopic (exact) mass is 365 g/mol. The van der Waals surface area contributed by atoms with Crippen molar-refractivity contribution in [3.05, 3.63) is 17.7 Å². The number of hydrogen-bond donors (Lipinski definition) is 1. The van der Waals surface area contributed by atoms with Crippen molar-refractivity contribution < 1.29 is 28.5 Å². The second-order valence-corrected chi connectivity index (χ2v) is 6.28. The van der Waals surface area contributed by atoms with Crippen LogP contribution in [0.3, 0.4) is 0 Å². The number of carbonyl (C=O) groups excluding carboxylic acids is 2. The van der Waals surface area contributed by atoms with E-state index in [1.165, 1.54) is 52.7 Å². The van der Waals surface area contributed by atoms with Crippen molar-refractivity contribution in [3.8, 4) is 17.2 Å². The minimum absolute atomic E-state index is 0.178. The van der Waals surface area contributed by atoms with Gasteiger partial charge in [-0.2, -0.15) is 0 Å². The number of hydrogen-bond acceptors (Lipinski definition) is 6. The molecule has 0 bridgehead atoms. The van der Waals surface area contributed by atoms with Crippen LogP contribution >= 0.6 is 0 Å². The van der Waals surface area contributed by atoms with Crippen molar-refractivity contribution in [1.82, 2.24) is 5.32 Å². The maximum atomic E-state index is 12.3. The summed E-state index contributed by atoms with van der Waals surface area (Å²) < 4.78 is 20.9. The van der Waals surface area contributed by atoms with Crippen LogP contribution in [-0.2, 0) is 9.53 Å². The van der Waals surface area contributed by atoms with Gasteiger partial charge < -0.3 is 24.3 Å². The Morgan fingerprint density at radius 2 is 1.62 bits per heavy atom. The molecule has 144 valence electrons. The summed E-state index contributed by atoms with van der Waals surface area (Å²) in [6.45, 7) is 0.251. The van der Waals surface area contributed by atoms with Gasteiger partial charge in [0, 0.05) is 5.56 Å². The van der Waals surface area contributed by atoms with Crippen molar-refractivity contribution >= 4 is 11.9 Å². The minimum atomic E-state index is -0.434. The molecule has 0 spiro atoms. The highest BCUT2D eigenvalue weighted by molar-refractivity contribution is 5.97. The number of esters is 1. The molecule has 1 amide bonds. The molecule has 1 aromatic carbocycles. The highest BCUT2D eigenvalue weighted by atomic mass is 16.5. The van der Waals surface area contributed by atoms with Gasteiger partial charge in [0.05, 0.1) is 27.9 Å². The lowest BCUT2D eigenvalue weighted by atomic mass is 9.90. The number of benzene rings is 1. The lowest BCUT2D eigenvalue weighted by Gasteiger charge is -2.21. The van der Waals surface area contributed by atoms with Crippen molar-refractivity contribution in [3.63, 3.8) is 0 Å². The summed E-state index contributed by atoms with van der Waals surface area (Å²) in [5.74, 6) is 0.737. The van der Waals surface area contributed by atoms with Gasteiger partial charge in [-0.1, -0.05) is 19.3 Å². The van der Waals surface area contributed by atoms with Gasteiger partial charge in [0.1, 0.15) is 6.54 Å². The summed E-state index contributed by atoms with van der Waals surface area (Å²) in [6.07, 6.45) is 5.85. The second-order valence-electron chi connectivity index (χ2n) is 6.28. The number of carbonyl (C=O) groups is 2. The molecule has 1 N–H and O–H groups in total. The van der Waals surface area contributed by atoms with Gasteiger partial charge in [0.2, 0.25) is 5.75 Å². The van der Waals surface area contributed by atoms with E-state index in [0.29, 0.717) is 35.3 Å². The molecule has 0 radical (unpaired) electrons. The van der Waals surface area contributed by atoms with Crippen LogP contribution in [0.2, 0.25) is 0 Å². The van der Waals surface area contributed by atoms with Crippen LogP contribution in [0.15, 0.2) is 12.1 Å². The first-order valence-corrected chi connectivity index (χ1v) is 8.82. The highest BCUT2D eigenvalue weighted by Crippen LogP contribution is 2.38. The Morgan fingerprint density at radius 1 is 1.00 bits per heavy atom. The molecular weight excluding hydrogens is 338 g/mol. The molecule has 0 aromatic heterocycles. The Labute approximate surface area is 153 Å². The third kappa shape index (κ3) is 5.28. The van der Waals surface area contributed by atoms with Gasteiger partial charge >= 0.3 is 5.97 Å². The third-order valence-electron chi connectivity index (χ3n) is 4.52. The predicted molar refractivity (Wildman–Crippen MR) is 96.0 cm³/mol. The molecule has 1 saturated carbocycles. The average Bonchev–Trinajstić information content (AvgIpc) is 2.69. The number of methoxy groups -OCH3 is 3. The van der Waals surface area contributed by atoms with E-state index in [4.69, 9.17) is 18.9 Å². The fourth-order valence-electron chi connectivity index (χ4n) is 3.08. The summed E-state index contributed by atoms with van der Waals surface area (Å²) >= 11 is 0. The van der Waals surface area contributed by atoms with E-state index in [-0.39, 0.29) is 6.54 Å². The summed E-state index contributed by atoms with van der Waals surface area (Å²) in [5.41, 5.74) is 0.305. The maximum absolute atomic E-state index is 12.3. The molecule has 0 atom stereocenters. The minimum Gasteiger partial charge on any atom is -0.493 e. The largest absolute Gasteiger partial charge is 0.493 e. The molecule has 0 heterocycles. The van der Waals surface area contributed by atoms with Crippen LogP contribution in [0, 0.1) is 5.92 Å². The normalized spacial score (nSPS) is 14.4. The predicted octanol–water partition coefficient (Wildman–Crippen LogP) is 2.57. The smallest absolute Gasteiger partial charge is 0.325 e.